The van der Waals surface area contributed by atoms with Crippen molar-refractivity contribution in [2.75, 3.05) is 18.5 Å². The molecule has 2 bridgehead atoms. The normalized spacial score (nSPS) is 30.9. The number of fused-ring (bicyclic) bond motifs is 1. The molecule has 3 fully saturated rings. The van der Waals surface area contributed by atoms with Crippen LogP contribution in [0.25, 0.3) is 0 Å². The molecule has 3 heterocycles. The van der Waals surface area contributed by atoms with E-state index in [2.05, 4.69) is 10.6 Å². The van der Waals surface area contributed by atoms with Crippen molar-refractivity contribution in [1.29, 1.82) is 0 Å². The standard InChI is InChI=1S/C27H31N3O5/c1-2-26-13-14-27(35-26)21(20(26)23(32)29-19-11-7-4-8-12-19)25(34)30(15-16-31)22(27)24(33)28-17-18-9-5-3-6-10-18/h3-12,20-22,31H,2,13-17H2,1H3,(H,28,33)(H,29,32)/t20-,21+,22?,26+,27?/m1/s1. The first-order valence-corrected chi connectivity index (χ1v) is 12.2. The minimum absolute atomic E-state index is 0.00994. The van der Waals surface area contributed by atoms with Gasteiger partial charge in [0, 0.05) is 18.8 Å². The van der Waals surface area contributed by atoms with Gasteiger partial charge in [-0.25, -0.2) is 0 Å². The Kier molecular flexibility index (Phi) is 6.11. The number of amides is 3. The van der Waals surface area contributed by atoms with Gasteiger partial charge in [-0.2, -0.15) is 0 Å². The molecule has 8 nitrogen and oxygen atoms in total. The molecule has 2 aromatic carbocycles. The molecule has 3 amide bonds. The maximum atomic E-state index is 13.8. The Balaban J connectivity index is 1.47. The van der Waals surface area contributed by atoms with E-state index in [-0.39, 0.29) is 30.9 Å². The lowest BCUT2D eigenvalue weighted by Crippen LogP contribution is -2.55. The number of likely N-dealkylation sites (tertiary alicyclic amines) is 1. The smallest absolute Gasteiger partial charge is 0.246 e. The van der Waals surface area contributed by atoms with Gasteiger partial charge < -0.3 is 25.4 Å². The lowest BCUT2D eigenvalue weighted by atomic mass is 9.65. The highest BCUT2D eigenvalue weighted by atomic mass is 16.5. The minimum atomic E-state index is -1.10. The fourth-order valence-electron chi connectivity index (χ4n) is 6.39. The summed E-state index contributed by atoms with van der Waals surface area (Å²) in [7, 11) is 0. The number of carbonyl (C=O) groups excluding carboxylic acids is 3. The second-order valence-corrected chi connectivity index (χ2v) is 9.65. The van der Waals surface area contributed by atoms with Crippen molar-refractivity contribution in [1.82, 2.24) is 10.2 Å². The van der Waals surface area contributed by atoms with Gasteiger partial charge in [0.15, 0.2) is 0 Å². The number of para-hydroxylation sites is 1. The first-order chi connectivity index (χ1) is 17.0. The van der Waals surface area contributed by atoms with Crippen LogP contribution in [-0.2, 0) is 25.7 Å². The van der Waals surface area contributed by atoms with Gasteiger partial charge in [0.1, 0.15) is 11.6 Å². The molecular formula is C27H31N3O5. The Morgan fingerprint density at radius 1 is 1.06 bits per heavy atom. The summed E-state index contributed by atoms with van der Waals surface area (Å²) in [5.41, 5.74) is -0.311. The Morgan fingerprint density at radius 3 is 2.40 bits per heavy atom. The van der Waals surface area contributed by atoms with E-state index < -0.39 is 29.1 Å². The number of hydrogen-bond donors (Lipinski definition) is 3. The van der Waals surface area contributed by atoms with Crippen molar-refractivity contribution in [2.24, 2.45) is 11.8 Å². The number of ether oxygens (including phenoxy) is 1. The van der Waals surface area contributed by atoms with Crippen LogP contribution in [0.3, 0.4) is 0 Å². The van der Waals surface area contributed by atoms with Gasteiger partial charge in [-0.05, 0) is 37.0 Å². The third-order valence-corrected chi connectivity index (χ3v) is 7.90. The molecule has 0 radical (unpaired) electrons. The summed E-state index contributed by atoms with van der Waals surface area (Å²) in [5.74, 6) is -2.40. The second-order valence-electron chi connectivity index (χ2n) is 9.65. The van der Waals surface area contributed by atoms with Gasteiger partial charge in [0.2, 0.25) is 17.7 Å². The van der Waals surface area contributed by atoms with Crippen LogP contribution in [0.5, 0.6) is 0 Å². The van der Waals surface area contributed by atoms with Crippen LogP contribution in [-0.4, -0.2) is 58.1 Å². The Labute approximate surface area is 204 Å². The quantitative estimate of drug-likeness (QED) is 0.540. The van der Waals surface area contributed by atoms with Crippen LogP contribution in [0, 0.1) is 11.8 Å². The average molecular weight is 478 g/mol. The number of anilines is 1. The molecule has 3 aliphatic rings. The molecule has 8 heteroatoms. The van der Waals surface area contributed by atoms with Gasteiger partial charge in [0.05, 0.1) is 24.0 Å². The number of aliphatic hydroxyl groups excluding tert-OH is 1. The lowest BCUT2D eigenvalue weighted by Gasteiger charge is -2.33. The van der Waals surface area contributed by atoms with Crippen molar-refractivity contribution in [3.05, 3.63) is 66.2 Å². The molecule has 5 atom stereocenters. The zero-order valence-corrected chi connectivity index (χ0v) is 19.8. The maximum Gasteiger partial charge on any atom is 0.246 e. The van der Waals surface area contributed by atoms with Gasteiger partial charge in [-0.15, -0.1) is 0 Å². The molecule has 184 valence electrons. The van der Waals surface area contributed by atoms with E-state index in [1.807, 2.05) is 55.5 Å². The highest BCUT2D eigenvalue weighted by molar-refractivity contribution is 6.02. The van der Waals surface area contributed by atoms with Gasteiger partial charge in [-0.1, -0.05) is 55.5 Å². The summed E-state index contributed by atoms with van der Waals surface area (Å²) in [5, 5.41) is 15.6. The molecule has 3 aliphatic heterocycles. The molecule has 2 unspecified atom stereocenters. The van der Waals surface area contributed by atoms with E-state index in [9.17, 15) is 19.5 Å². The molecule has 0 aliphatic carbocycles. The summed E-state index contributed by atoms with van der Waals surface area (Å²) in [4.78, 5) is 42.3. The number of rotatable bonds is 8. The summed E-state index contributed by atoms with van der Waals surface area (Å²) >= 11 is 0. The van der Waals surface area contributed by atoms with E-state index in [0.29, 0.717) is 31.5 Å². The zero-order chi connectivity index (χ0) is 24.6. The number of nitrogens with one attached hydrogen (secondary N) is 2. The van der Waals surface area contributed by atoms with Crippen LogP contribution in [0.4, 0.5) is 5.69 Å². The molecule has 35 heavy (non-hydrogen) atoms. The number of aliphatic hydroxyl groups is 1. The molecule has 0 saturated carbocycles. The van der Waals surface area contributed by atoms with Crippen molar-refractivity contribution in [3.63, 3.8) is 0 Å². The third-order valence-electron chi connectivity index (χ3n) is 7.90. The molecule has 0 aromatic heterocycles. The second kappa shape index (κ2) is 9.09. The predicted molar refractivity (Wildman–Crippen MR) is 129 cm³/mol. The van der Waals surface area contributed by atoms with Crippen LogP contribution in [0.1, 0.15) is 31.7 Å². The number of nitrogens with zero attached hydrogens (tertiary/aromatic N) is 1. The SMILES string of the molecule is CC[C@@]12CCC3(O1)C(C(=O)NCc1ccccc1)N(CCO)C(=O)[C@@H]3[C@@H]2C(=O)Nc1ccccc1. The largest absolute Gasteiger partial charge is 0.395 e. The van der Waals surface area contributed by atoms with Crippen molar-refractivity contribution < 1.29 is 24.2 Å². The number of benzene rings is 2. The fourth-order valence-corrected chi connectivity index (χ4v) is 6.39. The van der Waals surface area contributed by atoms with E-state index in [4.69, 9.17) is 4.74 Å². The number of carbonyl (C=O) groups is 3. The monoisotopic (exact) mass is 477 g/mol. The third kappa shape index (κ3) is 3.72. The van der Waals surface area contributed by atoms with Crippen LogP contribution < -0.4 is 10.6 Å². The minimum Gasteiger partial charge on any atom is -0.395 e. The van der Waals surface area contributed by atoms with Gasteiger partial charge >= 0.3 is 0 Å². The maximum absolute atomic E-state index is 13.8. The van der Waals surface area contributed by atoms with E-state index in [0.717, 1.165) is 5.56 Å². The molecule has 3 saturated heterocycles. The van der Waals surface area contributed by atoms with Gasteiger partial charge in [0.25, 0.3) is 0 Å². The molecular weight excluding hydrogens is 446 g/mol. The van der Waals surface area contributed by atoms with E-state index in [1.54, 1.807) is 12.1 Å². The fraction of sp³-hybridized carbons (Fsp3) is 0.444. The summed E-state index contributed by atoms with van der Waals surface area (Å²) in [6, 6.07) is 17.8. The topological polar surface area (TPSA) is 108 Å². The lowest BCUT2D eigenvalue weighted by molar-refractivity contribution is -0.147. The average Bonchev–Trinajstić information content (AvgIpc) is 3.48. The van der Waals surface area contributed by atoms with Crippen LogP contribution >= 0.6 is 0 Å². The predicted octanol–water partition coefficient (Wildman–Crippen LogP) is 2.09. The van der Waals surface area contributed by atoms with Gasteiger partial charge in [-0.3, -0.25) is 14.4 Å². The van der Waals surface area contributed by atoms with Crippen molar-refractivity contribution in [3.8, 4) is 0 Å². The molecule has 1 spiro atoms. The molecule has 5 rings (SSSR count). The Morgan fingerprint density at radius 2 is 1.74 bits per heavy atom. The number of hydrogen-bond acceptors (Lipinski definition) is 5. The van der Waals surface area contributed by atoms with Crippen molar-refractivity contribution in [2.45, 2.75) is 50.0 Å². The Hall–Kier alpha value is -3.23. The van der Waals surface area contributed by atoms with Crippen LogP contribution in [0.15, 0.2) is 60.7 Å². The first kappa shape index (κ1) is 23.5. The van der Waals surface area contributed by atoms with Crippen LogP contribution in [0.2, 0.25) is 0 Å². The molecule has 2 aromatic rings. The summed E-state index contributed by atoms with van der Waals surface area (Å²) < 4.78 is 6.66. The van der Waals surface area contributed by atoms with E-state index in [1.165, 1.54) is 4.90 Å². The van der Waals surface area contributed by atoms with E-state index >= 15 is 0 Å². The Bertz CT molecular complexity index is 1110. The van der Waals surface area contributed by atoms with Crippen molar-refractivity contribution >= 4 is 23.4 Å². The highest BCUT2D eigenvalue weighted by Gasteiger charge is 2.78. The number of β-amino-alcohol motifs (C(OH)–C–C–N with tert-alkyl or cyclic N) is 1. The molecule has 3 N–H and O–H groups in total. The summed E-state index contributed by atoms with van der Waals surface area (Å²) in [6.45, 7) is 2.01. The first-order valence-electron chi connectivity index (χ1n) is 12.2. The highest BCUT2D eigenvalue weighted by Crippen LogP contribution is 2.64. The summed E-state index contributed by atoms with van der Waals surface area (Å²) in [6.07, 6.45) is 1.66. The zero-order valence-electron chi connectivity index (χ0n) is 19.8.